The van der Waals surface area contributed by atoms with Gasteiger partial charge in [-0.2, -0.15) is 4.72 Å². The molecule has 0 fully saturated rings. The van der Waals surface area contributed by atoms with Gasteiger partial charge < -0.3 is 9.64 Å². The Morgan fingerprint density at radius 3 is 2.46 bits per heavy atom. The van der Waals surface area contributed by atoms with Gasteiger partial charge in [-0.1, -0.05) is 30.3 Å². The van der Waals surface area contributed by atoms with Gasteiger partial charge in [-0.25, -0.2) is 12.8 Å². The minimum atomic E-state index is -4.18. The van der Waals surface area contributed by atoms with Gasteiger partial charge in [0.2, 0.25) is 15.9 Å². The van der Waals surface area contributed by atoms with Crippen LogP contribution < -0.4 is 9.46 Å². The fourth-order valence-electron chi connectivity index (χ4n) is 2.62. The van der Waals surface area contributed by atoms with Crippen molar-refractivity contribution in [2.24, 2.45) is 0 Å². The van der Waals surface area contributed by atoms with Crippen molar-refractivity contribution in [3.8, 4) is 5.75 Å². The van der Waals surface area contributed by atoms with Crippen molar-refractivity contribution in [3.63, 3.8) is 0 Å². The van der Waals surface area contributed by atoms with Crippen LogP contribution in [-0.4, -0.2) is 38.9 Å². The van der Waals surface area contributed by atoms with Gasteiger partial charge in [0.25, 0.3) is 0 Å². The smallest absolute Gasteiger partial charge is 0.244 e. The molecule has 1 N–H and O–H groups in total. The first-order chi connectivity index (χ1) is 13.3. The minimum absolute atomic E-state index is 0.233. The molecule has 0 saturated heterocycles. The maximum atomic E-state index is 13.8. The van der Waals surface area contributed by atoms with E-state index >= 15 is 0 Å². The molecule has 2 rings (SSSR count). The van der Waals surface area contributed by atoms with Crippen molar-refractivity contribution in [3.05, 3.63) is 72.6 Å². The number of nitrogens with one attached hydrogen (secondary N) is 1. The molecule has 2 aromatic carbocycles. The van der Waals surface area contributed by atoms with Gasteiger partial charge >= 0.3 is 0 Å². The number of halogens is 1. The molecular weight excluding hydrogens is 383 g/mol. The first-order valence-electron chi connectivity index (χ1n) is 8.58. The summed E-state index contributed by atoms with van der Waals surface area (Å²) < 4.78 is 46.0. The van der Waals surface area contributed by atoms with E-state index in [9.17, 15) is 17.6 Å². The molecule has 0 heterocycles. The molecule has 1 amide bonds. The summed E-state index contributed by atoms with van der Waals surface area (Å²) in [6.45, 7) is 5.56. The molecular formula is C20H23FN2O4S. The number of amides is 1. The Morgan fingerprint density at radius 2 is 1.89 bits per heavy atom. The maximum Gasteiger partial charge on any atom is 0.244 e. The topological polar surface area (TPSA) is 75.7 Å². The molecule has 150 valence electrons. The third-order valence-electron chi connectivity index (χ3n) is 4.02. The van der Waals surface area contributed by atoms with Crippen LogP contribution in [0.1, 0.15) is 12.5 Å². The zero-order chi connectivity index (χ0) is 20.7. The van der Waals surface area contributed by atoms with Gasteiger partial charge in [0.1, 0.15) is 16.5 Å². The Kier molecular flexibility index (Phi) is 7.31. The fourth-order valence-corrected chi connectivity index (χ4v) is 3.90. The molecule has 0 aliphatic rings. The third kappa shape index (κ3) is 5.40. The van der Waals surface area contributed by atoms with Crippen molar-refractivity contribution < 1.29 is 22.3 Å². The second-order valence-electron chi connectivity index (χ2n) is 6.13. The highest BCUT2D eigenvalue weighted by Gasteiger charge is 2.27. The lowest BCUT2D eigenvalue weighted by Gasteiger charge is -2.25. The predicted molar refractivity (Wildman–Crippen MR) is 105 cm³/mol. The Morgan fingerprint density at radius 1 is 1.25 bits per heavy atom. The van der Waals surface area contributed by atoms with Gasteiger partial charge in [0, 0.05) is 13.1 Å². The Labute approximate surface area is 164 Å². The van der Waals surface area contributed by atoms with Crippen molar-refractivity contribution in [1.29, 1.82) is 0 Å². The summed E-state index contributed by atoms with van der Waals surface area (Å²) in [5.74, 6) is -0.636. The highest BCUT2D eigenvalue weighted by molar-refractivity contribution is 7.89. The normalized spacial score (nSPS) is 12.2. The average molecular weight is 406 g/mol. The molecule has 8 heteroatoms. The molecule has 6 nitrogen and oxygen atoms in total. The molecule has 28 heavy (non-hydrogen) atoms. The van der Waals surface area contributed by atoms with Crippen molar-refractivity contribution in [1.82, 2.24) is 9.62 Å². The summed E-state index contributed by atoms with van der Waals surface area (Å²) in [5.41, 5.74) is 0.847. The molecule has 0 aliphatic heterocycles. The lowest BCUT2D eigenvalue weighted by molar-refractivity contribution is -0.132. The first kappa shape index (κ1) is 21.6. The predicted octanol–water partition coefficient (Wildman–Crippen LogP) is 2.72. The SMILES string of the molecule is C=CCN(Cc1ccc(OC)cc1)C(=O)[C@H](C)NS(=O)(=O)c1ccccc1F. The number of sulfonamides is 1. The number of hydrogen-bond acceptors (Lipinski definition) is 4. The number of benzene rings is 2. The Hall–Kier alpha value is -2.71. The van der Waals surface area contributed by atoms with E-state index in [4.69, 9.17) is 4.74 Å². The van der Waals surface area contributed by atoms with E-state index in [2.05, 4.69) is 11.3 Å². The van der Waals surface area contributed by atoms with Crippen LogP contribution in [0.4, 0.5) is 4.39 Å². The van der Waals surface area contributed by atoms with E-state index in [0.717, 1.165) is 17.7 Å². The van der Waals surface area contributed by atoms with Gasteiger partial charge in [-0.15, -0.1) is 6.58 Å². The summed E-state index contributed by atoms with van der Waals surface area (Å²) in [4.78, 5) is 13.7. The minimum Gasteiger partial charge on any atom is -0.497 e. The van der Waals surface area contributed by atoms with E-state index in [1.54, 1.807) is 25.3 Å². The number of hydrogen-bond donors (Lipinski definition) is 1. The zero-order valence-electron chi connectivity index (χ0n) is 15.8. The van der Waals surface area contributed by atoms with Crippen LogP contribution in [-0.2, 0) is 21.4 Å². The quantitative estimate of drug-likeness (QED) is 0.650. The summed E-state index contributed by atoms with van der Waals surface area (Å²) in [6.07, 6.45) is 1.56. The number of ether oxygens (including phenoxy) is 1. The van der Waals surface area contributed by atoms with Crippen LogP contribution >= 0.6 is 0 Å². The highest BCUT2D eigenvalue weighted by Crippen LogP contribution is 2.16. The highest BCUT2D eigenvalue weighted by atomic mass is 32.2. The van der Waals surface area contributed by atoms with E-state index in [1.807, 2.05) is 12.1 Å². The Bertz CT molecular complexity index is 929. The van der Waals surface area contributed by atoms with Crippen LogP contribution in [0.5, 0.6) is 5.75 Å². The lowest BCUT2D eigenvalue weighted by atomic mass is 10.2. The van der Waals surface area contributed by atoms with Crippen LogP contribution in [0, 0.1) is 5.82 Å². The van der Waals surface area contributed by atoms with Crippen LogP contribution in [0.25, 0.3) is 0 Å². The molecule has 0 aromatic heterocycles. The summed E-state index contributed by atoms with van der Waals surface area (Å²) in [6, 6.07) is 11.1. The summed E-state index contributed by atoms with van der Waals surface area (Å²) in [7, 11) is -2.62. The molecule has 0 bridgehead atoms. The number of rotatable bonds is 9. The Balaban J connectivity index is 2.14. The van der Waals surface area contributed by atoms with Crippen LogP contribution in [0.15, 0.2) is 66.1 Å². The van der Waals surface area contributed by atoms with Gasteiger partial charge in [-0.05, 0) is 36.8 Å². The molecule has 0 radical (unpaired) electrons. The standard InChI is InChI=1S/C20H23FN2O4S/c1-4-13-23(14-16-9-11-17(27-3)12-10-16)20(24)15(2)22-28(25,26)19-8-6-5-7-18(19)21/h4-12,15,22H,1,13-14H2,2-3H3/t15-/m0/s1. The van der Waals surface area contributed by atoms with Gasteiger partial charge in [0.05, 0.1) is 13.2 Å². The molecule has 0 aliphatic carbocycles. The second kappa shape index (κ2) is 9.48. The number of nitrogens with zero attached hydrogens (tertiary/aromatic N) is 1. The average Bonchev–Trinajstić information content (AvgIpc) is 2.67. The van der Waals surface area contributed by atoms with Crippen molar-refractivity contribution in [2.75, 3.05) is 13.7 Å². The zero-order valence-corrected chi connectivity index (χ0v) is 16.6. The molecule has 0 spiro atoms. The molecule has 0 unspecified atom stereocenters. The van der Waals surface area contributed by atoms with Crippen LogP contribution in [0.2, 0.25) is 0 Å². The maximum absolute atomic E-state index is 13.8. The third-order valence-corrected chi connectivity index (χ3v) is 5.60. The van der Waals surface area contributed by atoms with E-state index in [1.165, 1.54) is 24.0 Å². The summed E-state index contributed by atoms with van der Waals surface area (Å²) >= 11 is 0. The van der Waals surface area contributed by atoms with Gasteiger partial charge in [-0.3, -0.25) is 4.79 Å². The number of carbonyl (C=O) groups excluding carboxylic acids is 1. The van der Waals surface area contributed by atoms with E-state index in [0.29, 0.717) is 5.75 Å². The van der Waals surface area contributed by atoms with E-state index < -0.39 is 32.7 Å². The first-order valence-corrected chi connectivity index (χ1v) is 10.1. The molecule has 2 aromatic rings. The molecule has 1 atom stereocenters. The van der Waals surface area contributed by atoms with Crippen molar-refractivity contribution >= 4 is 15.9 Å². The van der Waals surface area contributed by atoms with Crippen molar-refractivity contribution in [2.45, 2.75) is 24.4 Å². The molecule has 0 saturated carbocycles. The van der Waals surface area contributed by atoms with Gasteiger partial charge in [0.15, 0.2) is 0 Å². The number of methoxy groups -OCH3 is 1. The lowest BCUT2D eigenvalue weighted by Crippen LogP contribution is -2.46. The second-order valence-corrected chi connectivity index (χ2v) is 7.81. The summed E-state index contributed by atoms with van der Waals surface area (Å²) in [5, 5.41) is 0. The number of carbonyl (C=O) groups is 1. The van der Waals surface area contributed by atoms with E-state index in [-0.39, 0.29) is 13.1 Å². The fraction of sp³-hybridized carbons (Fsp3) is 0.250. The largest absolute Gasteiger partial charge is 0.497 e. The van der Waals surface area contributed by atoms with Crippen LogP contribution in [0.3, 0.4) is 0 Å². The monoisotopic (exact) mass is 406 g/mol.